The second kappa shape index (κ2) is 9.90. The molecule has 0 bridgehead atoms. The van der Waals surface area contributed by atoms with Crippen LogP contribution in [0, 0.1) is 27.7 Å². The summed E-state index contributed by atoms with van der Waals surface area (Å²) in [6, 6.07) is 19.4. The van der Waals surface area contributed by atoms with Crippen LogP contribution in [0.15, 0.2) is 75.6 Å². The molecule has 0 N–H and O–H groups in total. The zero-order valence-electron chi connectivity index (χ0n) is 21.1. The molecule has 4 aromatic rings. The van der Waals surface area contributed by atoms with Crippen LogP contribution >= 0.6 is 33.9 Å². The van der Waals surface area contributed by atoms with Gasteiger partial charge in [-0.15, -0.1) is 11.3 Å². The molecule has 0 unspecified atom stereocenters. The van der Waals surface area contributed by atoms with E-state index >= 15 is 0 Å². The molecule has 0 saturated heterocycles. The fourth-order valence-corrected chi connectivity index (χ4v) is 6.81. The minimum Gasteiger partial charge on any atom is -0.465 e. The van der Waals surface area contributed by atoms with E-state index in [1.54, 1.807) is 11.3 Å². The molecule has 6 heteroatoms. The second-order valence-corrected chi connectivity index (χ2v) is 11.5. The number of benzene rings is 3. The average Bonchev–Trinajstić information content (AvgIpc) is 3.31. The number of fused-ring (bicyclic) bond motifs is 1. The molecule has 1 aliphatic heterocycles. The number of halogens is 1. The lowest BCUT2D eigenvalue weighted by atomic mass is 9.50. The van der Waals surface area contributed by atoms with Gasteiger partial charge in [0.05, 0.1) is 12.7 Å². The highest BCUT2D eigenvalue weighted by Gasteiger charge is 2.36. The van der Waals surface area contributed by atoms with Gasteiger partial charge >= 0.3 is 12.8 Å². The summed E-state index contributed by atoms with van der Waals surface area (Å²) in [4.78, 5) is 14.7. The van der Waals surface area contributed by atoms with Crippen molar-refractivity contribution in [3.05, 3.63) is 109 Å². The van der Waals surface area contributed by atoms with Gasteiger partial charge in [0.15, 0.2) is 0 Å². The maximum Gasteiger partial charge on any atom is 0.338 e. The Morgan fingerprint density at radius 3 is 2.36 bits per heavy atom. The van der Waals surface area contributed by atoms with Crippen molar-refractivity contribution in [2.75, 3.05) is 11.9 Å². The molecule has 1 aliphatic rings. The molecule has 0 atom stereocenters. The van der Waals surface area contributed by atoms with Crippen molar-refractivity contribution >= 4 is 73.7 Å². The number of thiophene rings is 1. The van der Waals surface area contributed by atoms with Crippen LogP contribution < -0.4 is 10.3 Å². The lowest BCUT2D eigenvalue weighted by Gasteiger charge is -2.38. The standard InChI is InChI=1S/C30H27BINO2S/c1-18-14-20(3)29(21(4)15-18)31-28(32)11-9-26(22-6-10-27-23(17-22)12-13-36-27)33(31)24-7-8-25(19(2)16-24)30(34)35-5/h6-17H,1-5H3. The van der Waals surface area contributed by atoms with E-state index in [0.717, 1.165) is 16.9 Å². The number of methoxy groups -OCH3 is 1. The SMILES string of the molecule is COC(=O)c1ccc(N2B(c3c(C)cc(C)cc3C)C(I)=CC=C2c2ccc3sccc3c2)cc1C. The minimum atomic E-state index is -0.312. The number of rotatable bonds is 4. The molecule has 3 nitrogen and oxygen atoms in total. The molecule has 0 radical (unpaired) electrons. The molecule has 0 saturated carbocycles. The molecule has 3 aromatic carbocycles. The number of esters is 1. The van der Waals surface area contributed by atoms with Gasteiger partial charge in [-0.1, -0.05) is 63.6 Å². The first-order valence-electron chi connectivity index (χ1n) is 11.9. The highest BCUT2D eigenvalue weighted by Crippen LogP contribution is 2.37. The van der Waals surface area contributed by atoms with E-state index in [4.69, 9.17) is 4.74 Å². The third-order valence-electron chi connectivity index (χ3n) is 6.83. The second-order valence-electron chi connectivity index (χ2n) is 9.35. The zero-order valence-corrected chi connectivity index (χ0v) is 24.0. The van der Waals surface area contributed by atoms with E-state index in [1.807, 2.05) is 19.1 Å². The summed E-state index contributed by atoms with van der Waals surface area (Å²) in [5, 5.41) is 3.39. The molecular weight excluding hydrogens is 576 g/mol. The van der Waals surface area contributed by atoms with Crippen molar-refractivity contribution in [3.63, 3.8) is 0 Å². The largest absolute Gasteiger partial charge is 0.465 e. The van der Waals surface area contributed by atoms with E-state index in [-0.39, 0.29) is 12.8 Å². The topological polar surface area (TPSA) is 29.5 Å². The van der Waals surface area contributed by atoms with Crippen LogP contribution in [-0.4, -0.2) is 19.9 Å². The highest BCUT2D eigenvalue weighted by molar-refractivity contribution is 14.1. The lowest BCUT2D eigenvalue weighted by Crippen LogP contribution is -2.51. The molecule has 0 amide bonds. The molecule has 1 aromatic heterocycles. The van der Waals surface area contributed by atoms with Gasteiger partial charge in [-0.2, -0.15) is 0 Å². The Hall–Kier alpha value is -2.84. The number of carbonyl (C=O) groups is 1. The van der Waals surface area contributed by atoms with Gasteiger partial charge in [0.25, 0.3) is 0 Å². The number of carbonyl (C=O) groups excluding carboxylic acids is 1. The third-order valence-corrected chi connectivity index (χ3v) is 8.68. The number of hydrogen-bond donors (Lipinski definition) is 0. The number of ether oxygens (including phenoxy) is 1. The van der Waals surface area contributed by atoms with Gasteiger partial charge in [-0.3, -0.25) is 0 Å². The Balaban J connectivity index is 1.74. The van der Waals surface area contributed by atoms with Crippen LogP contribution in [0.2, 0.25) is 0 Å². The van der Waals surface area contributed by atoms with Crippen molar-refractivity contribution in [1.82, 2.24) is 0 Å². The quantitative estimate of drug-likeness (QED) is 0.137. The van der Waals surface area contributed by atoms with Crippen LogP contribution in [0.1, 0.15) is 38.2 Å². The third kappa shape index (κ3) is 4.41. The Morgan fingerprint density at radius 2 is 1.67 bits per heavy atom. The molecular formula is C30H27BINO2S. The molecule has 5 rings (SSSR count). The molecule has 36 heavy (non-hydrogen) atoms. The normalized spacial score (nSPS) is 13.6. The summed E-state index contributed by atoms with van der Waals surface area (Å²) >= 11 is 4.24. The van der Waals surface area contributed by atoms with E-state index < -0.39 is 0 Å². The Morgan fingerprint density at radius 1 is 0.917 bits per heavy atom. The van der Waals surface area contributed by atoms with Crippen LogP contribution in [0.4, 0.5) is 5.69 Å². The highest BCUT2D eigenvalue weighted by atomic mass is 127. The number of hydrogen-bond acceptors (Lipinski definition) is 4. The van der Waals surface area contributed by atoms with Crippen molar-refractivity contribution in [1.29, 1.82) is 0 Å². The van der Waals surface area contributed by atoms with Gasteiger partial charge in [-0.25, -0.2) is 4.79 Å². The molecule has 180 valence electrons. The lowest BCUT2D eigenvalue weighted by molar-refractivity contribution is 0.0600. The fourth-order valence-electron chi connectivity index (χ4n) is 5.27. The first-order valence-corrected chi connectivity index (χ1v) is 13.8. The molecule has 0 fully saturated rings. The number of anilines is 1. The van der Waals surface area contributed by atoms with Crippen LogP contribution in [0.25, 0.3) is 15.8 Å². The summed E-state index contributed by atoms with van der Waals surface area (Å²) in [7, 11) is 1.42. The molecule has 2 heterocycles. The summed E-state index contributed by atoms with van der Waals surface area (Å²) in [5.41, 5.74) is 9.99. The van der Waals surface area contributed by atoms with Crippen LogP contribution in [-0.2, 0) is 4.74 Å². The maximum absolute atomic E-state index is 12.3. The Labute approximate surface area is 230 Å². The van der Waals surface area contributed by atoms with Gasteiger partial charge in [0, 0.05) is 16.1 Å². The van der Waals surface area contributed by atoms with Crippen molar-refractivity contribution in [2.45, 2.75) is 27.7 Å². The predicted octanol–water partition coefficient (Wildman–Crippen LogP) is 7.54. The van der Waals surface area contributed by atoms with Gasteiger partial charge in [0.1, 0.15) is 0 Å². The number of allylic oxidation sites excluding steroid dienone is 2. The fraction of sp³-hybridized carbons (Fsp3) is 0.167. The summed E-state index contributed by atoms with van der Waals surface area (Å²) in [6.45, 7) is 8.56. The first-order chi connectivity index (χ1) is 17.3. The van der Waals surface area contributed by atoms with Gasteiger partial charge < -0.3 is 9.55 Å². The smallest absolute Gasteiger partial charge is 0.338 e. The van der Waals surface area contributed by atoms with Crippen LogP contribution in [0.5, 0.6) is 0 Å². The first kappa shape index (κ1) is 24.8. The van der Waals surface area contributed by atoms with Crippen molar-refractivity contribution in [2.24, 2.45) is 0 Å². The van der Waals surface area contributed by atoms with E-state index in [2.05, 4.69) is 108 Å². The average molecular weight is 603 g/mol. The minimum absolute atomic E-state index is 0.0211. The molecule has 0 aliphatic carbocycles. The van der Waals surface area contributed by atoms with E-state index in [0.29, 0.717) is 5.56 Å². The predicted molar refractivity (Wildman–Crippen MR) is 163 cm³/mol. The zero-order chi connectivity index (χ0) is 25.6. The van der Waals surface area contributed by atoms with E-state index in [9.17, 15) is 4.79 Å². The van der Waals surface area contributed by atoms with Crippen molar-refractivity contribution in [3.8, 4) is 0 Å². The monoisotopic (exact) mass is 603 g/mol. The maximum atomic E-state index is 12.3. The number of aryl methyl sites for hydroxylation is 4. The van der Waals surface area contributed by atoms with Gasteiger partial charge in [-0.05, 0) is 101 Å². The summed E-state index contributed by atoms with van der Waals surface area (Å²) < 4.78 is 7.54. The van der Waals surface area contributed by atoms with E-state index in [1.165, 1.54) is 48.4 Å². The molecule has 0 spiro atoms. The Kier molecular flexibility index (Phi) is 6.83. The number of nitrogens with zero attached hydrogens (tertiary/aromatic N) is 1. The Bertz CT molecular complexity index is 1550. The van der Waals surface area contributed by atoms with Crippen LogP contribution in [0.3, 0.4) is 0 Å². The summed E-state index contributed by atoms with van der Waals surface area (Å²) in [5.74, 6) is -0.312. The summed E-state index contributed by atoms with van der Waals surface area (Å²) in [6.07, 6.45) is 4.46. The van der Waals surface area contributed by atoms with Crippen molar-refractivity contribution < 1.29 is 9.53 Å². The van der Waals surface area contributed by atoms with Gasteiger partial charge in [0.2, 0.25) is 0 Å².